The Morgan fingerprint density at radius 1 is 0.475 bits per heavy atom. The minimum atomic E-state index is 0.621. The molecule has 0 amide bonds. The number of rotatable bonds is 31. The summed E-state index contributed by atoms with van der Waals surface area (Å²) in [5.41, 5.74) is 0. The zero-order valence-corrected chi connectivity index (χ0v) is 28.3. The van der Waals surface area contributed by atoms with Crippen molar-refractivity contribution in [2.24, 2.45) is 0 Å². The fourth-order valence-electron chi connectivity index (χ4n) is 6.60. The predicted molar refractivity (Wildman–Crippen MR) is 179 cm³/mol. The summed E-state index contributed by atoms with van der Waals surface area (Å²) in [6.07, 6.45) is 45.7. The molecule has 2 atom stereocenters. The molecule has 0 aliphatic rings. The molecule has 0 fully saturated rings. The van der Waals surface area contributed by atoms with E-state index in [-0.39, 0.29) is 0 Å². The lowest BCUT2D eigenvalue weighted by Gasteiger charge is -2.17. The van der Waals surface area contributed by atoms with Gasteiger partial charge < -0.3 is 0 Å². The summed E-state index contributed by atoms with van der Waals surface area (Å²) in [4.78, 5) is 3.71. The lowest BCUT2D eigenvalue weighted by molar-refractivity contribution is -0.727. The molecule has 0 saturated carbocycles. The number of hydrogen-bond donors (Lipinski definition) is 1. The van der Waals surface area contributed by atoms with Gasteiger partial charge in [-0.3, -0.25) is 0 Å². The third kappa shape index (κ3) is 20.1. The molecule has 40 heavy (non-hydrogen) atoms. The van der Waals surface area contributed by atoms with Gasteiger partial charge >= 0.3 is 0 Å². The van der Waals surface area contributed by atoms with Crippen molar-refractivity contribution >= 4 is 0 Å². The molecular weight excluding hydrogens is 484 g/mol. The average Bonchev–Trinajstić information content (AvgIpc) is 3.45. The molecular formula is C38H75N2+. The van der Waals surface area contributed by atoms with E-state index in [0.29, 0.717) is 12.0 Å². The molecule has 0 radical (unpaired) electrons. The highest BCUT2D eigenvalue weighted by Gasteiger charge is 2.25. The van der Waals surface area contributed by atoms with Crippen LogP contribution >= 0.6 is 0 Å². The lowest BCUT2D eigenvalue weighted by Crippen LogP contribution is -2.41. The summed E-state index contributed by atoms with van der Waals surface area (Å²) in [5.74, 6) is 2.23. The van der Waals surface area contributed by atoms with Crippen LogP contribution in [0.2, 0.25) is 0 Å². The fraction of sp³-hybridized carbons (Fsp3) is 0.921. The Bertz CT molecular complexity index is 621. The lowest BCUT2D eigenvalue weighted by atomic mass is 9.93. The maximum absolute atomic E-state index is 3.71. The summed E-state index contributed by atoms with van der Waals surface area (Å²) >= 11 is 0. The zero-order valence-electron chi connectivity index (χ0n) is 28.3. The normalized spacial score (nSPS) is 13.2. The monoisotopic (exact) mass is 560 g/mol. The van der Waals surface area contributed by atoms with Gasteiger partial charge in [-0.1, -0.05) is 181 Å². The van der Waals surface area contributed by atoms with Gasteiger partial charge in [-0.2, -0.15) is 0 Å². The van der Waals surface area contributed by atoms with E-state index in [1.54, 1.807) is 0 Å². The Hall–Kier alpha value is -0.790. The van der Waals surface area contributed by atoms with Crippen molar-refractivity contribution in [3.63, 3.8) is 0 Å². The van der Waals surface area contributed by atoms with E-state index in [4.69, 9.17) is 0 Å². The van der Waals surface area contributed by atoms with E-state index in [2.05, 4.69) is 49.6 Å². The summed E-state index contributed by atoms with van der Waals surface area (Å²) < 4.78 is 2.62. The van der Waals surface area contributed by atoms with E-state index in [0.717, 1.165) is 0 Å². The van der Waals surface area contributed by atoms with Crippen LogP contribution in [0, 0.1) is 0 Å². The highest BCUT2D eigenvalue weighted by molar-refractivity contribution is 4.90. The van der Waals surface area contributed by atoms with E-state index >= 15 is 0 Å². The summed E-state index contributed by atoms with van der Waals surface area (Å²) in [6, 6.07) is 0.621. The van der Waals surface area contributed by atoms with Gasteiger partial charge in [0.2, 0.25) is 0 Å². The molecule has 236 valence electrons. The van der Waals surface area contributed by atoms with Crippen LogP contribution in [0.3, 0.4) is 0 Å². The van der Waals surface area contributed by atoms with Crippen LogP contribution in [-0.2, 0) is 0 Å². The fourth-order valence-corrected chi connectivity index (χ4v) is 6.60. The van der Waals surface area contributed by atoms with Crippen LogP contribution < -0.4 is 4.57 Å². The standard InChI is InChI=1S/C38H74N2/c1-5-8-11-13-15-17-18-19-20-21-23-24-26-29-31-36(4)40-35-34-39-38(40)37(32-28-10-7-3)33-30-27-25-22-16-14-12-9-6-2/h34-37H,5-33H2,1-4H3/p+1. The van der Waals surface area contributed by atoms with Gasteiger partial charge in [0, 0.05) is 0 Å². The third-order valence-electron chi connectivity index (χ3n) is 9.39. The zero-order chi connectivity index (χ0) is 28.9. The molecule has 0 spiro atoms. The summed E-state index contributed by atoms with van der Waals surface area (Å²) in [7, 11) is 0. The quantitative estimate of drug-likeness (QED) is 0.0689. The van der Waals surface area contributed by atoms with Crippen LogP contribution in [0.1, 0.15) is 232 Å². The second-order valence-corrected chi connectivity index (χ2v) is 13.3. The van der Waals surface area contributed by atoms with Crippen LogP contribution in [-0.4, -0.2) is 4.98 Å². The average molecular weight is 560 g/mol. The highest BCUT2D eigenvalue weighted by atomic mass is 15.1. The maximum atomic E-state index is 3.71. The Balaban J connectivity index is 2.24. The number of nitrogens with zero attached hydrogens (tertiary/aromatic N) is 1. The number of imidazole rings is 1. The van der Waals surface area contributed by atoms with Crippen LogP contribution in [0.15, 0.2) is 12.4 Å². The van der Waals surface area contributed by atoms with Gasteiger partial charge in [-0.15, -0.1) is 0 Å². The second-order valence-electron chi connectivity index (χ2n) is 13.3. The number of H-pyrrole nitrogens is 1. The van der Waals surface area contributed by atoms with E-state index in [9.17, 15) is 0 Å². The molecule has 1 N–H and O–H groups in total. The first-order chi connectivity index (χ1) is 19.7. The van der Waals surface area contributed by atoms with E-state index in [1.165, 1.54) is 192 Å². The van der Waals surface area contributed by atoms with Gasteiger partial charge in [0.25, 0.3) is 5.82 Å². The van der Waals surface area contributed by atoms with Crippen molar-refractivity contribution in [2.45, 2.75) is 226 Å². The Labute approximate surface area is 253 Å². The molecule has 2 unspecified atom stereocenters. The van der Waals surface area contributed by atoms with Gasteiger partial charge in [0.05, 0.1) is 12.0 Å². The van der Waals surface area contributed by atoms with Gasteiger partial charge in [-0.25, -0.2) is 9.55 Å². The van der Waals surface area contributed by atoms with E-state index in [1.807, 2.05) is 0 Å². The van der Waals surface area contributed by atoms with Gasteiger partial charge in [0.1, 0.15) is 12.4 Å². The van der Waals surface area contributed by atoms with Crippen LogP contribution in [0.5, 0.6) is 0 Å². The first-order valence-corrected chi connectivity index (χ1v) is 18.8. The molecule has 2 nitrogen and oxygen atoms in total. The molecule has 0 saturated heterocycles. The number of nitrogens with one attached hydrogen (secondary N) is 1. The topological polar surface area (TPSA) is 19.7 Å². The predicted octanol–water partition coefficient (Wildman–Crippen LogP) is 13.3. The third-order valence-corrected chi connectivity index (χ3v) is 9.39. The summed E-state index contributed by atoms with van der Waals surface area (Å²) in [5, 5.41) is 0. The molecule has 0 bridgehead atoms. The minimum absolute atomic E-state index is 0.621. The number of aromatic nitrogens is 2. The molecule has 1 rings (SSSR count). The molecule has 0 aromatic carbocycles. The Morgan fingerprint density at radius 3 is 1.23 bits per heavy atom. The largest absolute Gasteiger partial charge is 0.257 e. The number of unbranched alkanes of at least 4 members (excludes halogenated alkanes) is 23. The first-order valence-electron chi connectivity index (χ1n) is 18.8. The molecule has 1 aromatic rings. The highest BCUT2D eigenvalue weighted by Crippen LogP contribution is 2.27. The van der Waals surface area contributed by atoms with Crippen molar-refractivity contribution in [3.8, 4) is 0 Å². The van der Waals surface area contributed by atoms with Crippen LogP contribution in [0.25, 0.3) is 0 Å². The van der Waals surface area contributed by atoms with Crippen molar-refractivity contribution < 1.29 is 4.57 Å². The maximum Gasteiger partial charge on any atom is 0.257 e. The Morgan fingerprint density at radius 2 is 0.800 bits per heavy atom. The molecule has 0 aliphatic heterocycles. The van der Waals surface area contributed by atoms with E-state index < -0.39 is 0 Å². The van der Waals surface area contributed by atoms with Crippen molar-refractivity contribution in [2.75, 3.05) is 0 Å². The Kier molecular flexibility index (Phi) is 26.4. The van der Waals surface area contributed by atoms with Crippen molar-refractivity contribution in [1.82, 2.24) is 4.98 Å². The van der Waals surface area contributed by atoms with Crippen LogP contribution in [0.4, 0.5) is 0 Å². The number of hydrogen-bond acceptors (Lipinski definition) is 0. The summed E-state index contributed by atoms with van der Waals surface area (Å²) in [6.45, 7) is 9.42. The molecule has 1 aromatic heterocycles. The minimum Gasteiger partial charge on any atom is -0.247 e. The first kappa shape index (κ1) is 37.2. The molecule has 0 aliphatic carbocycles. The van der Waals surface area contributed by atoms with Gasteiger partial charge in [-0.05, 0) is 32.6 Å². The SMILES string of the molecule is CCCCCCCCCCCCCCCCC(C)[n+]1cc[nH]c1C(CCCCC)CCCCCCCCCCC. The van der Waals surface area contributed by atoms with Crippen molar-refractivity contribution in [3.05, 3.63) is 18.2 Å². The van der Waals surface area contributed by atoms with Crippen molar-refractivity contribution in [1.29, 1.82) is 0 Å². The molecule has 1 heterocycles. The van der Waals surface area contributed by atoms with Gasteiger partial charge in [0.15, 0.2) is 0 Å². The second kappa shape index (κ2) is 28.3. The molecule has 2 heteroatoms. The number of aromatic amines is 1. The smallest absolute Gasteiger partial charge is 0.247 e.